The first kappa shape index (κ1) is 28.5. The molecule has 4 heterocycles. The van der Waals surface area contributed by atoms with E-state index in [-0.39, 0.29) is 0 Å². The first-order valence-corrected chi connectivity index (χ1v) is 15.4. The quantitative estimate of drug-likeness (QED) is 0.192. The molecule has 0 aliphatic carbocycles. The van der Waals surface area contributed by atoms with E-state index in [1.807, 2.05) is 48.5 Å². The van der Waals surface area contributed by atoms with E-state index in [0.717, 1.165) is 77.7 Å². The fourth-order valence-electron chi connectivity index (χ4n) is 6.31. The van der Waals surface area contributed by atoms with Gasteiger partial charge in [-0.1, -0.05) is 84.9 Å². The molecule has 0 spiro atoms. The van der Waals surface area contributed by atoms with E-state index in [1.165, 1.54) is 0 Å². The molecular weight excluding hydrogens is 589 g/mol. The number of rotatable bonds is 5. The predicted molar refractivity (Wildman–Crippen MR) is 189 cm³/mol. The van der Waals surface area contributed by atoms with Gasteiger partial charge in [-0.25, -0.2) is 19.9 Å². The van der Waals surface area contributed by atoms with Crippen molar-refractivity contribution in [3.63, 3.8) is 0 Å². The average Bonchev–Trinajstić information content (AvgIpc) is 3.17. The lowest BCUT2D eigenvalue weighted by Crippen LogP contribution is -1.93. The van der Waals surface area contributed by atoms with Crippen molar-refractivity contribution in [2.24, 2.45) is 0 Å². The Labute approximate surface area is 276 Å². The highest BCUT2D eigenvalue weighted by Crippen LogP contribution is 2.40. The second-order valence-electron chi connectivity index (χ2n) is 11.3. The van der Waals surface area contributed by atoms with Gasteiger partial charge in [0.25, 0.3) is 0 Å². The summed E-state index contributed by atoms with van der Waals surface area (Å²) in [6, 6.07) is 49.0. The molecule has 0 bridgehead atoms. The third kappa shape index (κ3) is 5.10. The third-order valence-corrected chi connectivity index (χ3v) is 8.53. The molecule has 0 aliphatic heterocycles. The lowest BCUT2D eigenvalue weighted by molar-refractivity contribution is 1.25. The van der Waals surface area contributed by atoms with Gasteiger partial charge in [0.2, 0.25) is 0 Å². The Morgan fingerprint density at radius 1 is 0.375 bits per heavy atom. The summed E-state index contributed by atoms with van der Waals surface area (Å²) in [5.41, 5.74) is 10.0. The van der Waals surface area contributed by atoms with E-state index in [1.54, 1.807) is 24.5 Å². The number of pyridine rings is 4. The molecule has 6 heteroatoms. The monoisotopic (exact) mass is 612 g/mol. The highest BCUT2D eigenvalue weighted by Gasteiger charge is 2.16. The molecule has 0 N–H and O–H groups in total. The van der Waals surface area contributed by atoms with Crippen LogP contribution in [-0.4, -0.2) is 19.9 Å². The maximum atomic E-state index is 9.34. The maximum Gasteiger partial charge on any atom is 0.141 e. The van der Waals surface area contributed by atoms with Gasteiger partial charge in [-0.2, -0.15) is 10.5 Å². The highest BCUT2D eigenvalue weighted by atomic mass is 14.7. The molecule has 0 saturated heterocycles. The van der Waals surface area contributed by atoms with Gasteiger partial charge in [0.15, 0.2) is 0 Å². The molecule has 0 radical (unpaired) electrons. The van der Waals surface area contributed by atoms with Crippen molar-refractivity contribution in [3.8, 4) is 68.3 Å². The number of hydrogen-bond donors (Lipinski definition) is 0. The van der Waals surface area contributed by atoms with E-state index in [0.29, 0.717) is 11.4 Å². The van der Waals surface area contributed by atoms with E-state index in [2.05, 4.69) is 94.9 Å². The molecule has 0 fully saturated rings. The molecule has 222 valence electrons. The summed E-state index contributed by atoms with van der Waals surface area (Å²) in [5, 5.41) is 23.1. The van der Waals surface area contributed by atoms with Crippen molar-refractivity contribution in [2.45, 2.75) is 0 Å². The number of nitrogens with zero attached hydrogens (tertiary/aromatic N) is 6. The van der Waals surface area contributed by atoms with E-state index in [9.17, 15) is 10.5 Å². The van der Waals surface area contributed by atoms with Crippen molar-refractivity contribution in [3.05, 3.63) is 157 Å². The second kappa shape index (κ2) is 12.1. The summed E-state index contributed by atoms with van der Waals surface area (Å²) in [4.78, 5) is 18.2. The summed E-state index contributed by atoms with van der Waals surface area (Å²) in [7, 11) is 0. The molecule has 0 atom stereocenters. The number of aromatic nitrogens is 4. The molecule has 0 aliphatic rings. The number of benzene rings is 4. The van der Waals surface area contributed by atoms with Crippen molar-refractivity contribution < 1.29 is 0 Å². The molecule has 0 saturated carbocycles. The van der Waals surface area contributed by atoms with Gasteiger partial charge in [-0.3, -0.25) is 0 Å². The SMILES string of the molecule is N#Cc1cc(-c2cccc(-c3ccc(-c4ccc(-c5cccc(-c6ccnc(C#N)c6)n5)c5ccccc45)c4ccccc34)n2)ccn1. The number of fused-ring (bicyclic) bond motifs is 2. The van der Waals surface area contributed by atoms with Crippen molar-refractivity contribution >= 4 is 21.5 Å². The van der Waals surface area contributed by atoms with Gasteiger partial charge in [0.1, 0.15) is 23.5 Å². The molecule has 48 heavy (non-hydrogen) atoms. The molecule has 4 aromatic heterocycles. The minimum atomic E-state index is 0.360. The Morgan fingerprint density at radius 3 is 1.17 bits per heavy atom. The van der Waals surface area contributed by atoms with Gasteiger partial charge in [0, 0.05) is 34.6 Å². The second-order valence-corrected chi connectivity index (χ2v) is 11.3. The zero-order chi connectivity index (χ0) is 32.5. The largest absolute Gasteiger partial charge is 0.248 e. The Hall–Kier alpha value is -7.02. The van der Waals surface area contributed by atoms with Crippen LogP contribution in [0.4, 0.5) is 0 Å². The molecular formula is C42H24N6. The van der Waals surface area contributed by atoms with E-state index >= 15 is 0 Å². The summed E-state index contributed by atoms with van der Waals surface area (Å²) >= 11 is 0. The molecule has 4 aromatic carbocycles. The topological polar surface area (TPSA) is 99.1 Å². The number of hydrogen-bond acceptors (Lipinski definition) is 6. The maximum absolute atomic E-state index is 9.34. The van der Waals surface area contributed by atoms with Crippen LogP contribution in [0.15, 0.2) is 146 Å². The van der Waals surface area contributed by atoms with Gasteiger partial charge in [-0.15, -0.1) is 0 Å². The predicted octanol–water partition coefficient (Wildman–Crippen LogP) is 9.65. The highest BCUT2D eigenvalue weighted by molar-refractivity contribution is 6.11. The van der Waals surface area contributed by atoms with Crippen LogP contribution in [0.2, 0.25) is 0 Å². The number of nitriles is 2. The van der Waals surface area contributed by atoms with Crippen LogP contribution in [0, 0.1) is 22.7 Å². The van der Waals surface area contributed by atoms with Crippen LogP contribution >= 0.6 is 0 Å². The molecule has 0 amide bonds. The van der Waals surface area contributed by atoms with Crippen LogP contribution in [0.5, 0.6) is 0 Å². The Kier molecular flexibility index (Phi) is 7.15. The smallest absolute Gasteiger partial charge is 0.141 e. The van der Waals surface area contributed by atoms with Gasteiger partial charge >= 0.3 is 0 Å². The Morgan fingerprint density at radius 2 is 0.750 bits per heavy atom. The summed E-state index contributed by atoms with van der Waals surface area (Å²) in [5.74, 6) is 0. The summed E-state index contributed by atoms with van der Waals surface area (Å²) < 4.78 is 0. The van der Waals surface area contributed by atoms with E-state index < -0.39 is 0 Å². The standard InChI is InChI=1S/C42H24N6/c43-25-29-23-27(19-21-45-29)39-11-5-13-41(47-39)37-17-15-35(31-7-1-3-9-33(31)37)36-16-18-38(34-10-4-2-8-32(34)36)42-14-6-12-40(48-42)28-20-22-46-30(24-28)26-44/h1-24H. The summed E-state index contributed by atoms with van der Waals surface area (Å²) in [6.07, 6.45) is 3.28. The van der Waals surface area contributed by atoms with Crippen LogP contribution in [0.1, 0.15) is 11.4 Å². The minimum Gasteiger partial charge on any atom is -0.248 e. The van der Waals surface area contributed by atoms with Gasteiger partial charge in [-0.05, 0) is 81.2 Å². The lowest BCUT2D eigenvalue weighted by atomic mass is 9.89. The minimum absolute atomic E-state index is 0.360. The van der Waals surface area contributed by atoms with Crippen molar-refractivity contribution in [1.29, 1.82) is 10.5 Å². The fourth-order valence-corrected chi connectivity index (χ4v) is 6.31. The van der Waals surface area contributed by atoms with Crippen LogP contribution in [0.3, 0.4) is 0 Å². The van der Waals surface area contributed by atoms with Crippen LogP contribution in [-0.2, 0) is 0 Å². The van der Waals surface area contributed by atoms with Crippen LogP contribution in [0.25, 0.3) is 77.7 Å². The first-order valence-electron chi connectivity index (χ1n) is 15.4. The summed E-state index contributed by atoms with van der Waals surface area (Å²) in [6.45, 7) is 0. The fraction of sp³-hybridized carbons (Fsp3) is 0. The van der Waals surface area contributed by atoms with Gasteiger partial charge in [0.05, 0.1) is 22.8 Å². The average molecular weight is 613 g/mol. The first-order chi connectivity index (χ1) is 23.7. The molecule has 8 aromatic rings. The van der Waals surface area contributed by atoms with Crippen LogP contribution < -0.4 is 0 Å². The lowest BCUT2D eigenvalue weighted by Gasteiger charge is -2.16. The third-order valence-electron chi connectivity index (χ3n) is 8.53. The van der Waals surface area contributed by atoms with Gasteiger partial charge < -0.3 is 0 Å². The van der Waals surface area contributed by atoms with Crippen molar-refractivity contribution in [2.75, 3.05) is 0 Å². The molecule has 6 nitrogen and oxygen atoms in total. The zero-order valence-corrected chi connectivity index (χ0v) is 25.5. The van der Waals surface area contributed by atoms with E-state index in [4.69, 9.17) is 9.97 Å². The zero-order valence-electron chi connectivity index (χ0n) is 25.5. The Balaban J connectivity index is 1.24. The normalized spacial score (nSPS) is 10.9. The van der Waals surface area contributed by atoms with Crippen molar-refractivity contribution in [1.82, 2.24) is 19.9 Å². The molecule has 0 unspecified atom stereocenters. The molecule has 8 rings (SSSR count). The Bertz CT molecular complexity index is 2430.